The minimum absolute atomic E-state index is 0.187. The summed E-state index contributed by atoms with van der Waals surface area (Å²) in [6.45, 7) is 1.47. The van der Waals surface area contributed by atoms with Crippen molar-refractivity contribution in [3.8, 4) is 0 Å². The molecule has 0 aliphatic heterocycles. The number of methoxy groups -OCH3 is 1. The lowest BCUT2D eigenvalue weighted by atomic mass is 9.93. The molecule has 0 fully saturated rings. The van der Waals surface area contributed by atoms with E-state index in [0.29, 0.717) is 6.61 Å². The van der Waals surface area contributed by atoms with Gasteiger partial charge in [-0.05, 0) is 19.0 Å². The van der Waals surface area contributed by atoms with Gasteiger partial charge in [0.05, 0.1) is 6.10 Å². The van der Waals surface area contributed by atoms with Crippen molar-refractivity contribution in [2.45, 2.75) is 12.5 Å². The Morgan fingerprint density at radius 3 is 2.56 bits per heavy atom. The fraction of sp³-hybridized carbons (Fsp3) is 0.538. The van der Waals surface area contributed by atoms with E-state index >= 15 is 0 Å². The molecule has 0 bridgehead atoms. The molecule has 3 nitrogen and oxygen atoms in total. The van der Waals surface area contributed by atoms with Crippen LogP contribution in [0.4, 0.5) is 0 Å². The lowest BCUT2D eigenvalue weighted by Gasteiger charge is -2.22. The van der Waals surface area contributed by atoms with Crippen LogP contribution in [0.2, 0.25) is 0 Å². The summed E-state index contributed by atoms with van der Waals surface area (Å²) < 4.78 is 5.07. The highest BCUT2D eigenvalue weighted by molar-refractivity contribution is 5.18. The number of benzene rings is 1. The Morgan fingerprint density at radius 1 is 1.31 bits per heavy atom. The first-order chi connectivity index (χ1) is 7.79. The number of aliphatic hydroxyl groups excluding tert-OH is 1. The second-order valence-corrected chi connectivity index (χ2v) is 3.95. The van der Waals surface area contributed by atoms with Crippen LogP contribution in [0.1, 0.15) is 18.1 Å². The third kappa shape index (κ3) is 3.93. The number of nitrogens with one attached hydrogen (secondary N) is 1. The molecule has 2 N–H and O–H groups in total. The van der Waals surface area contributed by atoms with Crippen molar-refractivity contribution in [2.24, 2.45) is 5.92 Å². The van der Waals surface area contributed by atoms with Crippen LogP contribution in [0.15, 0.2) is 30.3 Å². The average molecular weight is 223 g/mol. The van der Waals surface area contributed by atoms with Crippen molar-refractivity contribution >= 4 is 0 Å². The largest absolute Gasteiger partial charge is 0.388 e. The molecule has 0 heterocycles. The molecule has 2 atom stereocenters. The van der Waals surface area contributed by atoms with Gasteiger partial charge in [0.15, 0.2) is 0 Å². The Kier molecular flexibility index (Phi) is 6.08. The van der Waals surface area contributed by atoms with Crippen molar-refractivity contribution in [2.75, 3.05) is 27.3 Å². The van der Waals surface area contributed by atoms with Crippen molar-refractivity contribution in [3.63, 3.8) is 0 Å². The molecule has 0 amide bonds. The Hall–Kier alpha value is -0.900. The highest BCUT2D eigenvalue weighted by atomic mass is 16.5. The summed E-state index contributed by atoms with van der Waals surface area (Å²) >= 11 is 0. The maximum absolute atomic E-state index is 10.2. The number of hydrogen-bond acceptors (Lipinski definition) is 3. The zero-order valence-electron chi connectivity index (χ0n) is 10.0. The van der Waals surface area contributed by atoms with Crippen LogP contribution in [0, 0.1) is 5.92 Å². The number of aliphatic hydroxyl groups is 1. The highest BCUT2D eigenvalue weighted by Gasteiger charge is 2.19. The van der Waals surface area contributed by atoms with E-state index in [2.05, 4.69) is 5.32 Å². The number of hydrogen-bond donors (Lipinski definition) is 2. The van der Waals surface area contributed by atoms with Gasteiger partial charge in [0, 0.05) is 26.2 Å². The third-order valence-electron chi connectivity index (χ3n) is 2.75. The lowest BCUT2D eigenvalue weighted by Crippen LogP contribution is -2.26. The molecule has 0 saturated carbocycles. The molecular weight excluding hydrogens is 202 g/mol. The molecule has 0 aliphatic carbocycles. The van der Waals surface area contributed by atoms with Crippen LogP contribution in [0.3, 0.4) is 0 Å². The van der Waals surface area contributed by atoms with E-state index in [1.165, 1.54) is 0 Å². The molecule has 0 radical (unpaired) electrons. The molecule has 0 saturated heterocycles. The van der Waals surface area contributed by atoms with E-state index in [9.17, 15) is 5.11 Å². The summed E-state index contributed by atoms with van der Waals surface area (Å²) in [6.07, 6.45) is 0.428. The van der Waals surface area contributed by atoms with Gasteiger partial charge in [-0.2, -0.15) is 0 Å². The molecule has 1 aromatic rings. The average Bonchev–Trinajstić information content (AvgIpc) is 2.35. The van der Waals surface area contributed by atoms with Crippen LogP contribution < -0.4 is 5.32 Å². The topological polar surface area (TPSA) is 41.5 Å². The SMILES string of the molecule is CNCC(CCOC)C(O)c1ccccc1. The van der Waals surface area contributed by atoms with Gasteiger partial charge in [0.25, 0.3) is 0 Å². The third-order valence-corrected chi connectivity index (χ3v) is 2.75. The van der Waals surface area contributed by atoms with Gasteiger partial charge < -0.3 is 15.2 Å². The summed E-state index contributed by atoms with van der Waals surface area (Å²) in [5.41, 5.74) is 0.971. The van der Waals surface area contributed by atoms with Gasteiger partial charge in [0.1, 0.15) is 0 Å². The van der Waals surface area contributed by atoms with Gasteiger partial charge >= 0.3 is 0 Å². The molecule has 0 aliphatic rings. The first-order valence-electron chi connectivity index (χ1n) is 5.66. The molecule has 1 aromatic carbocycles. The monoisotopic (exact) mass is 223 g/mol. The van der Waals surface area contributed by atoms with Crippen LogP contribution in [-0.2, 0) is 4.74 Å². The van der Waals surface area contributed by atoms with E-state index in [0.717, 1.165) is 18.5 Å². The van der Waals surface area contributed by atoms with Crippen LogP contribution in [0.5, 0.6) is 0 Å². The predicted octanol–water partition coefficient (Wildman–Crippen LogP) is 1.59. The van der Waals surface area contributed by atoms with Crippen LogP contribution >= 0.6 is 0 Å². The lowest BCUT2D eigenvalue weighted by molar-refractivity contribution is 0.0801. The molecule has 0 spiro atoms. The molecular formula is C13H21NO2. The minimum Gasteiger partial charge on any atom is -0.388 e. The van der Waals surface area contributed by atoms with Gasteiger partial charge in [-0.15, -0.1) is 0 Å². The Balaban J connectivity index is 2.62. The smallest absolute Gasteiger partial charge is 0.0831 e. The first kappa shape index (κ1) is 13.2. The van der Waals surface area contributed by atoms with E-state index < -0.39 is 6.10 Å². The zero-order valence-corrected chi connectivity index (χ0v) is 10.0. The van der Waals surface area contributed by atoms with E-state index in [1.807, 2.05) is 37.4 Å². The van der Waals surface area contributed by atoms with Gasteiger partial charge in [-0.25, -0.2) is 0 Å². The van der Waals surface area contributed by atoms with Crippen molar-refractivity contribution in [1.82, 2.24) is 5.32 Å². The molecule has 0 aromatic heterocycles. The summed E-state index contributed by atoms with van der Waals surface area (Å²) in [7, 11) is 3.59. The summed E-state index contributed by atoms with van der Waals surface area (Å²) in [4.78, 5) is 0. The summed E-state index contributed by atoms with van der Waals surface area (Å²) in [5, 5.41) is 13.4. The maximum Gasteiger partial charge on any atom is 0.0831 e. The van der Waals surface area contributed by atoms with Crippen molar-refractivity contribution < 1.29 is 9.84 Å². The van der Waals surface area contributed by atoms with Crippen molar-refractivity contribution in [1.29, 1.82) is 0 Å². The molecule has 3 heteroatoms. The van der Waals surface area contributed by atoms with Crippen LogP contribution in [0.25, 0.3) is 0 Å². The standard InChI is InChI=1S/C13H21NO2/c1-14-10-12(8-9-16-2)13(15)11-6-4-3-5-7-11/h3-7,12-15H,8-10H2,1-2H3. The van der Waals surface area contributed by atoms with E-state index in [4.69, 9.17) is 4.74 Å². The fourth-order valence-corrected chi connectivity index (χ4v) is 1.83. The molecule has 2 unspecified atom stereocenters. The maximum atomic E-state index is 10.2. The Morgan fingerprint density at radius 2 is 2.00 bits per heavy atom. The predicted molar refractivity (Wildman–Crippen MR) is 65.3 cm³/mol. The highest BCUT2D eigenvalue weighted by Crippen LogP contribution is 2.23. The first-order valence-corrected chi connectivity index (χ1v) is 5.66. The van der Waals surface area contributed by atoms with Crippen LogP contribution in [-0.4, -0.2) is 32.4 Å². The van der Waals surface area contributed by atoms with Gasteiger partial charge in [-0.3, -0.25) is 0 Å². The minimum atomic E-state index is -0.427. The molecule has 16 heavy (non-hydrogen) atoms. The summed E-state index contributed by atoms with van der Waals surface area (Å²) in [5.74, 6) is 0.187. The quantitative estimate of drug-likeness (QED) is 0.737. The molecule has 90 valence electrons. The zero-order chi connectivity index (χ0) is 11.8. The Labute approximate surface area is 97.4 Å². The second-order valence-electron chi connectivity index (χ2n) is 3.95. The van der Waals surface area contributed by atoms with Gasteiger partial charge in [0.2, 0.25) is 0 Å². The molecule has 1 rings (SSSR count). The Bertz CT molecular complexity index is 277. The van der Waals surface area contributed by atoms with E-state index in [-0.39, 0.29) is 5.92 Å². The van der Waals surface area contributed by atoms with E-state index in [1.54, 1.807) is 7.11 Å². The normalized spacial score (nSPS) is 14.7. The second kappa shape index (κ2) is 7.39. The van der Waals surface area contributed by atoms with Crippen molar-refractivity contribution in [3.05, 3.63) is 35.9 Å². The van der Waals surface area contributed by atoms with Gasteiger partial charge in [-0.1, -0.05) is 30.3 Å². The summed E-state index contributed by atoms with van der Waals surface area (Å²) in [6, 6.07) is 9.77. The number of ether oxygens (including phenoxy) is 1. The number of rotatable bonds is 7. The fourth-order valence-electron chi connectivity index (χ4n) is 1.83.